The van der Waals surface area contributed by atoms with Crippen LogP contribution in [0.1, 0.15) is 16.9 Å². The Labute approximate surface area is 193 Å². The van der Waals surface area contributed by atoms with Crippen LogP contribution >= 0.6 is 23.1 Å². The number of benzene rings is 2. The summed E-state index contributed by atoms with van der Waals surface area (Å²) in [6.07, 6.45) is 1.58. The van der Waals surface area contributed by atoms with Gasteiger partial charge in [-0.1, -0.05) is 17.8 Å². The van der Waals surface area contributed by atoms with Crippen LogP contribution in [0.25, 0.3) is 10.2 Å². The summed E-state index contributed by atoms with van der Waals surface area (Å²) in [5.74, 6) is 0.894. The van der Waals surface area contributed by atoms with E-state index in [0.29, 0.717) is 18.0 Å². The first-order chi connectivity index (χ1) is 15.4. The fourth-order valence-electron chi connectivity index (χ4n) is 3.16. The van der Waals surface area contributed by atoms with Gasteiger partial charge in [0.2, 0.25) is 5.91 Å². The van der Waals surface area contributed by atoms with E-state index < -0.39 is 0 Å². The number of amides is 3. The summed E-state index contributed by atoms with van der Waals surface area (Å²) in [5, 5.41) is 8.54. The summed E-state index contributed by atoms with van der Waals surface area (Å²) in [6, 6.07) is 14.8. The molecule has 0 saturated carbocycles. The number of anilines is 2. The van der Waals surface area contributed by atoms with Crippen molar-refractivity contribution in [3.8, 4) is 0 Å². The standard InChI is InChI=1S/C23H22N4O3S2/c1-14-8-15(2)10-17(9-14)26-22(29)25-16-5-6-19-20(11-16)32-23(27-19)31-13-21(28)24-12-18-4-3-7-30-18/h3-11H,12-13H2,1-2H3,(H,24,28)(H2,25,26,29). The molecule has 0 unspecified atom stereocenters. The molecule has 0 saturated heterocycles. The molecule has 0 fully saturated rings. The lowest BCUT2D eigenvalue weighted by atomic mass is 10.1. The monoisotopic (exact) mass is 466 g/mol. The fourth-order valence-corrected chi connectivity index (χ4v) is 5.10. The maximum Gasteiger partial charge on any atom is 0.323 e. The van der Waals surface area contributed by atoms with Gasteiger partial charge < -0.3 is 20.4 Å². The van der Waals surface area contributed by atoms with Gasteiger partial charge in [0.25, 0.3) is 0 Å². The van der Waals surface area contributed by atoms with E-state index in [9.17, 15) is 9.59 Å². The van der Waals surface area contributed by atoms with E-state index >= 15 is 0 Å². The highest BCUT2D eigenvalue weighted by atomic mass is 32.2. The minimum atomic E-state index is -0.304. The minimum Gasteiger partial charge on any atom is -0.467 e. The molecular weight excluding hydrogens is 444 g/mol. The Morgan fingerprint density at radius 2 is 1.81 bits per heavy atom. The minimum absolute atomic E-state index is 0.0870. The van der Waals surface area contributed by atoms with Gasteiger partial charge in [-0.05, 0) is 67.4 Å². The maximum atomic E-state index is 12.4. The topological polar surface area (TPSA) is 96.3 Å². The Balaban J connectivity index is 1.33. The SMILES string of the molecule is Cc1cc(C)cc(NC(=O)Nc2ccc3nc(SCC(=O)NCc4ccco4)sc3c2)c1. The lowest BCUT2D eigenvalue weighted by Gasteiger charge is -2.09. The molecule has 4 aromatic rings. The number of carbonyl (C=O) groups is 2. The first kappa shape index (κ1) is 21.9. The molecule has 4 rings (SSSR count). The highest BCUT2D eigenvalue weighted by molar-refractivity contribution is 8.01. The number of aryl methyl sites for hydroxylation is 2. The summed E-state index contributed by atoms with van der Waals surface area (Å²) in [7, 11) is 0. The van der Waals surface area contributed by atoms with Gasteiger partial charge in [-0.15, -0.1) is 11.3 Å². The Morgan fingerprint density at radius 1 is 1.03 bits per heavy atom. The predicted octanol–water partition coefficient (Wildman–Crippen LogP) is 5.56. The Bertz CT molecular complexity index is 1230. The summed E-state index contributed by atoms with van der Waals surface area (Å²) in [5.41, 5.74) is 4.43. The second kappa shape index (κ2) is 9.88. The zero-order chi connectivity index (χ0) is 22.5. The zero-order valence-corrected chi connectivity index (χ0v) is 19.2. The third kappa shape index (κ3) is 5.89. The average Bonchev–Trinajstić information content (AvgIpc) is 3.39. The first-order valence-electron chi connectivity index (χ1n) is 9.93. The van der Waals surface area contributed by atoms with Crippen LogP contribution in [0.3, 0.4) is 0 Å². The van der Waals surface area contributed by atoms with Crippen molar-refractivity contribution in [3.63, 3.8) is 0 Å². The van der Waals surface area contributed by atoms with Gasteiger partial charge in [-0.3, -0.25) is 4.79 Å². The molecule has 0 radical (unpaired) electrons. The molecule has 0 aliphatic heterocycles. The van der Waals surface area contributed by atoms with Gasteiger partial charge in [0.15, 0.2) is 4.34 Å². The fraction of sp³-hybridized carbons (Fsp3) is 0.174. The number of thiazole rings is 1. The molecule has 32 heavy (non-hydrogen) atoms. The Morgan fingerprint density at radius 3 is 2.56 bits per heavy atom. The molecule has 0 atom stereocenters. The van der Waals surface area contributed by atoms with Gasteiger partial charge in [0.1, 0.15) is 5.76 Å². The number of fused-ring (bicyclic) bond motifs is 1. The highest BCUT2D eigenvalue weighted by Crippen LogP contribution is 2.31. The summed E-state index contributed by atoms with van der Waals surface area (Å²) >= 11 is 2.87. The molecule has 2 aromatic heterocycles. The first-order valence-corrected chi connectivity index (χ1v) is 11.7. The number of nitrogens with zero attached hydrogens (tertiary/aromatic N) is 1. The molecule has 2 aromatic carbocycles. The molecule has 0 aliphatic rings. The number of hydrogen-bond acceptors (Lipinski definition) is 6. The van der Waals surface area contributed by atoms with Crippen molar-refractivity contribution in [2.45, 2.75) is 24.7 Å². The second-order valence-corrected chi connectivity index (χ2v) is 9.52. The number of aromatic nitrogens is 1. The molecule has 3 amide bonds. The Hall–Kier alpha value is -3.30. The number of urea groups is 1. The molecule has 0 spiro atoms. The van der Waals surface area contributed by atoms with Gasteiger partial charge in [-0.25, -0.2) is 9.78 Å². The van der Waals surface area contributed by atoms with Crippen molar-refractivity contribution in [1.29, 1.82) is 0 Å². The molecule has 0 bridgehead atoms. The van der Waals surface area contributed by atoms with Crippen molar-refractivity contribution in [1.82, 2.24) is 10.3 Å². The summed E-state index contributed by atoms with van der Waals surface area (Å²) in [6.45, 7) is 4.35. The lowest BCUT2D eigenvalue weighted by Crippen LogP contribution is -2.24. The third-order valence-electron chi connectivity index (χ3n) is 4.47. The van der Waals surface area contributed by atoms with E-state index in [1.165, 1.54) is 23.1 Å². The van der Waals surface area contributed by atoms with Gasteiger partial charge in [0.05, 0.1) is 28.8 Å². The van der Waals surface area contributed by atoms with Crippen LogP contribution in [0.5, 0.6) is 0 Å². The highest BCUT2D eigenvalue weighted by Gasteiger charge is 2.10. The summed E-state index contributed by atoms with van der Waals surface area (Å²) in [4.78, 5) is 29.0. The van der Waals surface area contributed by atoms with Crippen molar-refractivity contribution in [3.05, 3.63) is 71.7 Å². The van der Waals surface area contributed by atoms with Gasteiger partial charge >= 0.3 is 6.03 Å². The van der Waals surface area contributed by atoms with Crippen molar-refractivity contribution < 1.29 is 14.0 Å². The van der Waals surface area contributed by atoms with Crippen LogP contribution < -0.4 is 16.0 Å². The van der Waals surface area contributed by atoms with Crippen molar-refractivity contribution in [2.75, 3.05) is 16.4 Å². The van der Waals surface area contributed by atoms with Crippen LogP contribution in [0, 0.1) is 13.8 Å². The molecule has 164 valence electrons. The number of furan rings is 1. The molecule has 9 heteroatoms. The second-order valence-electron chi connectivity index (χ2n) is 7.26. The van der Waals surface area contributed by atoms with E-state index in [1.54, 1.807) is 12.3 Å². The average molecular weight is 467 g/mol. The normalized spacial score (nSPS) is 10.8. The Kier molecular flexibility index (Phi) is 6.77. The van der Waals surface area contributed by atoms with Crippen LogP contribution in [0.4, 0.5) is 16.2 Å². The quantitative estimate of drug-likeness (QED) is 0.310. The van der Waals surface area contributed by atoms with Crippen LogP contribution in [-0.2, 0) is 11.3 Å². The number of hydrogen-bond donors (Lipinski definition) is 3. The number of rotatable bonds is 7. The molecule has 0 aliphatic carbocycles. The molecule has 7 nitrogen and oxygen atoms in total. The van der Waals surface area contributed by atoms with E-state index in [2.05, 4.69) is 27.0 Å². The number of thioether (sulfide) groups is 1. The molecule has 3 N–H and O–H groups in total. The van der Waals surface area contributed by atoms with Gasteiger partial charge in [-0.2, -0.15) is 0 Å². The van der Waals surface area contributed by atoms with Crippen molar-refractivity contribution in [2.24, 2.45) is 0 Å². The van der Waals surface area contributed by atoms with Crippen LogP contribution in [0.15, 0.2) is 63.6 Å². The number of carbonyl (C=O) groups excluding carboxylic acids is 2. The smallest absolute Gasteiger partial charge is 0.323 e. The largest absolute Gasteiger partial charge is 0.467 e. The summed E-state index contributed by atoms with van der Waals surface area (Å²) < 4.78 is 6.94. The van der Waals surface area contributed by atoms with Crippen LogP contribution in [-0.4, -0.2) is 22.7 Å². The molecular formula is C23H22N4O3S2. The van der Waals surface area contributed by atoms with E-state index in [4.69, 9.17) is 4.42 Å². The van der Waals surface area contributed by atoms with Gasteiger partial charge in [0, 0.05) is 11.4 Å². The lowest BCUT2D eigenvalue weighted by molar-refractivity contribution is -0.118. The van der Waals surface area contributed by atoms with Crippen molar-refractivity contribution >= 4 is 56.6 Å². The maximum absolute atomic E-state index is 12.4. The van der Waals surface area contributed by atoms with Crippen LogP contribution in [0.2, 0.25) is 0 Å². The number of nitrogens with one attached hydrogen (secondary N) is 3. The molecule has 2 heterocycles. The van der Waals surface area contributed by atoms with E-state index in [0.717, 1.165) is 31.4 Å². The predicted molar refractivity (Wildman–Crippen MR) is 129 cm³/mol. The van der Waals surface area contributed by atoms with E-state index in [1.807, 2.05) is 50.2 Å². The van der Waals surface area contributed by atoms with E-state index in [-0.39, 0.29) is 17.7 Å². The third-order valence-corrected chi connectivity index (χ3v) is 6.63. The zero-order valence-electron chi connectivity index (χ0n) is 17.6.